The molecule has 0 aliphatic heterocycles. The van der Waals surface area contributed by atoms with Crippen molar-refractivity contribution >= 4 is 17.3 Å². The maximum absolute atomic E-state index is 12.7. The molecule has 0 amide bonds. The molecule has 0 spiro atoms. The highest BCUT2D eigenvalue weighted by atomic mass is 16.5. The molecule has 1 aromatic rings. The minimum absolute atomic E-state index is 0.0268. The number of aliphatic imine (C=N–C) groups is 1. The van der Waals surface area contributed by atoms with Crippen LogP contribution in [-0.2, 0) is 17.6 Å². The number of aliphatic hydroxyl groups is 2. The fourth-order valence-electron chi connectivity index (χ4n) is 4.31. The van der Waals surface area contributed by atoms with Gasteiger partial charge in [-0.25, -0.2) is 0 Å². The molecule has 0 bridgehead atoms. The van der Waals surface area contributed by atoms with E-state index in [0.29, 0.717) is 61.3 Å². The number of hydrogen-bond donors (Lipinski definition) is 2. The van der Waals surface area contributed by atoms with Crippen LogP contribution in [-0.4, -0.2) is 45.8 Å². The molecule has 2 aliphatic carbocycles. The van der Waals surface area contributed by atoms with E-state index in [9.17, 15) is 19.8 Å². The van der Waals surface area contributed by atoms with Crippen LogP contribution in [0.3, 0.4) is 0 Å². The number of aromatic nitrogens is 1. The lowest BCUT2D eigenvalue weighted by molar-refractivity contribution is -0.118. The average Bonchev–Trinajstić information content (AvgIpc) is 2.96. The molecule has 0 aromatic carbocycles. The summed E-state index contributed by atoms with van der Waals surface area (Å²) < 4.78 is 5.44. The van der Waals surface area contributed by atoms with Crippen LogP contribution in [0.4, 0.5) is 0 Å². The lowest BCUT2D eigenvalue weighted by Gasteiger charge is -2.30. The van der Waals surface area contributed by atoms with Crippen molar-refractivity contribution in [3.63, 3.8) is 0 Å². The van der Waals surface area contributed by atoms with Gasteiger partial charge in [0.1, 0.15) is 11.5 Å². The molecular weight excluding hydrogens is 372 g/mol. The van der Waals surface area contributed by atoms with Crippen LogP contribution in [0.5, 0.6) is 0 Å². The minimum atomic E-state index is -0.294. The first kappa shape index (κ1) is 21.4. The van der Waals surface area contributed by atoms with E-state index in [-0.39, 0.29) is 46.9 Å². The molecule has 29 heavy (non-hydrogen) atoms. The van der Waals surface area contributed by atoms with Crippen molar-refractivity contribution in [3.8, 4) is 0 Å². The van der Waals surface area contributed by atoms with Gasteiger partial charge in [0.05, 0.1) is 30.0 Å². The van der Waals surface area contributed by atoms with Gasteiger partial charge in [0.25, 0.3) is 0 Å². The number of ketones is 2. The number of rotatable bonds is 6. The zero-order valence-electron chi connectivity index (χ0n) is 17.7. The average molecular weight is 402 g/mol. The Balaban J connectivity index is 1.85. The van der Waals surface area contributed by atoms with Crippen molar-refractivity contribution in [2.45, 2.75) is 66.2 Å². The Kier molecular flexibility index (Phi) is 5.81. The number of carbonyl (C=O) groups is 2. The monoisotopic (exact) mass is 402 g/mol. The number of nitrogens with zero attached hydrogens (tertiary/aromatic N) is 2. The zero-order chi connectivity index (χ0) is 21.4. The summed E-state index contributed by atoms with van der Waals surface area (Å²) in [6.07, 6.45) is 2.55. The summed E-state index contributed by atoms with van der Waals surface area (Å²) in [5.41, 5.74) is 1.39. The first-order chi connectivity index (χ1) is 13.5. The highest BCUT2D eigenvalue weighted by molar-refractivity contribution is 6.23. The summed E-state index contributed by atoms with van der Waals surface area (Å²) in [5.74, 6) is 0.546. The lowest BCUT2D eigenvalue weighted by Crippen LogP contribution is -2.30. The van der Waals surface area contributed by atoms with Crippen molar-refractivity contribution in [2.75, 3.05) is 13.2 Å². The maximum Gasteiger partial charge on any atom is 0.168 e. The summed E-state index contributed by atoms with van der Waals surface area (Å²) in [6.45, 7) is 7.94. The number of hydrogen-bond acceptors (Lipinski definition) is 7. The molecule has 0 atom stereocenters. The van der Waals surface area contributed by atoms with Crippen LogP contribution in [0.15, 0.2) is 20.8 Å². The first-order valence-corrected chi connectivity index (χ1v) is 10.1. The van der Waals surface area contributed by atoms with Gasteiger partial charge in [0.15, 0.2) is 11.6 Å². The van der Waals surface area contributed by atoms with E-state index in [1.165, 1.54) is 0 Å². The van der Waals surface area contributed by atoms with Gasteiger partial charge in [-0.1, -0.05) is 32.9 Å². The molecule has 0 saturated carbocycles. The predicted molar refractivity (Wildman–Crippen MR) is 108 cm³/mol. The SMILES string of the molecule is CC1(C)CC(=O)C(C(CCc2noc3c2C(=O)CC(C)(C)C3)=NCCO)=C(O)C1. The number of Topliss-reactive ketones (excluding diaryl/α,β-unsaturated/α-hetero) is 2. The summed E-state index contributed by atoms with van der Waals surface area (Å²) in [4.78, 5) is 29.7. The van der Waals surface area contributed by atoms with E-state index < -0.39 is 0 Å². The van der Waals surface area contributed by atoms with Gasteiger partial charge >= 0.3 is 0 Å². The van der Waals surface area contributed by atoms with Gasteiger partial charge in [0, 0.05) is 31.4 Å². The Morgan fingerprint density at radius 2 is 1.72 bits per heavy atom. The largest absolute Gasteiger partial charge is 0.511 e. The molecule has 2 aliphatic rings. The van der Waals surface area contributed by atoms with Crippen molar-refractivity contribution in [1.29, 1.82) is 0 Å². The zero-order valence-corrected chi connectivity index (χ0v) is 17.7. The summed E-state index contributed by atoms with van der Waals surface area (Å²) in [6, 6.07) is 0. The highest BCUT2D eigenvalue weighted by Crippen LogP contribution is 2.38. The standard InChI is InChI=1S/C22H30N2O5/c1-21(2)9-15(26)19(16(27)10-21)13(23-7-8-25)5-6-14-20-17(28)11-22(3,4)12-18(20)29-24-14/h25-26H,5-12H2,1-4H3. The van der Waals surface area contributed by atoms with Crippen molar-refractivity contribution < 1.29 is 24.3 Å². The van der Waals surface area contributed by atoms with E-state index in [1.54, 1.807) is 0 Å². The number of fused-ring (bicyclic) bond motifs is 1. The Morgan fingerprint density at radius 3 is 2.38 bits per heavy atom. The summed E-state index contributed by atoms with van der Waals surface area (Å²) >= 11 is 0. The van der Waals surface area contributed by atoms with Gasteiger partial charge in [-0.3, -0.25) is 14.6 Å². The fourth-order valence-corrected chi connectivity index (χ4v) is 4.31. The van der Waals surface area contributed by atoms with Crippen LogP contribution < -0.4 is 0 Å². The van der Waals surface area contributed by atoms with Crippen LogP contribution in [0, 0.1) is 10.8 Å². The molecule has 1 aromatic heterocycles. The predicted octanol–water partition coefficient (Wildman–Crippen LogP) is 3.40. The minimum Gasteiger partial charge on any atom is -0.511 e. The van der Waals surface area contributed by atoms with Gasteiger partial charge < -0.3 is 14.7 Å². The van der Waals surface area contributed by atoms with E-state index >= 15 is 0 Å². The lowest BCUT2D eigenvalue weighted by atomic mass is 9.74. The van der Waals surface area contributed by atoms with Crippen LogP contribution in [0.1, 0.15) is 75.2 Å². The molecular formula is C22H30N2O5. The Bertz CT molecular complexity index is 889. The molecule has 1 heterocycles. The first-order valence-electron chi connectivity index (χ1n) is 10.1. The molecule has 0 unspecified atom stereocenters. The normalized spacial score (nSPS) is 21.5. The number of carbonyl (C=O) groups excluding carboxylic acids is 2. The van der Waals surface area contributed by atoms with Crippen LogP contribution in [0.25, 0.3) is 0 Å². The number of allylic oxidation sites excluding steroid dienone is 2. The molecule has 158 valence electrons. The Morgan fingerprint density at radius 1 is 1.07 bits per heavy atom. The maximum atomic E-state index is 12.7. The van der Waals surface area contributed by atoms with Crippen molar-refractivity contribution in [1.82, 2.24) is 5.16 Å². The van der Waals surface area contributed by atoms with Crippen LogP contribution in [0.2, 0.25) is 0 Å². The third kappa shape index (κ3) is 4.66. The second-order valence-electron chi connectivity index (χ2n) is 9.68. The van der Waals surface area contributed by atoms with E-state index in [1.807, 2.05) is 27.7 Å². The molecule has 2 N–H and O–H groups in total. The molecule has 0 saturated heterocycles. The Hall–Kier alpha value is -2.28. The molecule has 0 radical (unpaired) electrons. The second-order valence-corrected chi connectivity index (χ2v) is 9.68. The Labute approximate surface area is 170 Å². The van der Waals surface area contributed by atoms with Gasteiger partial charge in [-0.05, 0) is 23.7 Å². The molecule has 7 heteroatoms. The quantitative estimate of drug-likeness (QED) is 0.705. The highest BCUT2D eigenvalue weighted by Gasteiger charge is 2.37. The van der Waals surface area contributed by atoms with Crippen molar-refractivity contribution in [3.05, 3.63) is 28.3 Å². The van der Waals surface area contributed by atoms with Gasteiger partial charge in [-0.2, -0.15) is 0 Å². The fraction of sp³-hybridized carbons (Fsp3) is 0.636. The van der Waals surface area contributed by atoms with E-state index in [4.69, 9.17) is 4.52 Å². The molecule has 0 fully saturated rings. The topological polar surface area (TPSA) is 113 Å². The number of aliphatic hydroxyl groups excluding tert-OH is 2. The van der Waals surface area contributed by atoms with Gasteiger partial charge in [0.2, 0.25) is 0 Å². The van der Waals surface area contributed by atoms with Gasteiger partial charge in [-0.15, -0.1) is 0 Å². The second kappa shape index (κ2) is 7.86. The van der Waals surface area contributed by atoms with Crippen LogP contribution >= 0.6 is 0 Å². The summed E-state index contributed by atoms with van der Waals surface area (Å²) in [7, 11) is 0. The van der Waals surface area contributed by atoms with E-state index in [2.05, 4.69) is 10.1 Å². The number of aryl methyl sites for hydroxylation is 1. The summed E-state index contributed by atoms with van der Waals surface area (Å²) in [5, 5.41) is 23.8. The smallest absolute Gasteiger partial charge is 0.168 e. The third-order valence-corrected chi connectivity index (χ3v) is 5.53. The molecule has 7 nitrogen and oxygen atoms in total. The third-order valence-electron chi connectivity index (χ3n) is 5.53. The molecule has 3 rings (SSSR count). The van der Waals surface area contributed by atoms with Crippen molar-refractivity contribution in [2.24, 2.45) is 15.8 Å². The van der Waals surface area contributed by atoms with E-state index in [0.717, 1.165) is 0 Å².